The molecular formula is C22H23ClN2O3. The van der Waals surface area contributed by atoms with Gasteiger partial charge in [-0.25, -0.2) is 0 Å². The Morgan fingerprint density at radius 2 is 2.04 bits per heavy atom. The van der Waals surface area contributed by atoms with Crippen LogP contribution in [-0.4, -0.2) is 23.1 Å². The monoisotopic (exact) mass is 398 g/mol. The van der Waals surface area contributed by atoms with Crippen LogP contribution in [0.25, 0.3) is 10.9 Å². The minimum absolute atomic E-state index is 0.0107. The third-order valence-electron chi connectivity index (χ3n) is 4.67. The summed E-state index contributed by atoms with van der Waals surface area (Å²) in [5.74, 6) is 0.637. The fourth-order valence-corrected chi connectivity index (χ4v) is 3.40. The molecular weight excluding hydrogens is 376 g/mol. The number of nitrogens with one attached hydrogen (secondary N) is 1. The summed E-state index contributed by atoms with van der Waals surface area (Å²) in [6.07, 6.45) is 3.75. The largest absolute Gasteiger partial charge is 0.505 e. The first-order valence-electron chi connectivity index (χ1n) is 9.24. The number of hydrogen-bond acceptors (Lipinski definition) is 4. The molecule has 5 nitrogen and oxygen atoms in total. The number of pyridine rings is 1. The molecule has 0 aliphatic heterocycles. The minimum Gasteiger partial charge on any atom is -0.505 e. The molecule has 6 heteroatoms. The summed E-state index contributed by atoms with van der Waals surface area (Å²) in [7, 11) is 1.60. The molecule has 0 unspecified atom stereocenters. The Hall–Kier alpha value is -2.79. The first-order chi connectivity index (χ1) is 13.5. The van der Waals surface area contributed by atoms with Crippen LogP contribution < -0.4 is 10.1 Å². The minimum atomic E-state index is -0.556. The Labute approximate surface area is 169 Å². The van der Waals surface area contributed by atoms with Gasteiger partial charge in [0.1, 0.15) is 17.0 Å². The van der Waals surface area contributed by atoms with Crippen molar-refractivity contribution in [3.63, 3.8) is 0 Å². The zero-order valence-electron chi connectivity index (χ0n) is 15.9. The number of phenols is 1. The van der Waals surface area contributed by atoms with Gasteiger partial charge in [-0.2, -0.15) is 0 Å². The molecule has 1 atom stereocenters. The van der Waals surface area contributed by atoms with E-state index < -0.39 is 6.04 Å². The average molecular weight is 399 g/mol. The lowest BCUT2D eigenvalue weighted by atomic mass is 9.95. The second-order valence-electron chi connectivity index (χ2n) is 6.57. The van der Waals surface area contributed by atoms with E-state index in [-0.39, 0.29) is 11.7 Å². The lowest BCUT2D eigenvalue weighted by Crippen LogP contribution is -2.29. The number of phenolic OH excluding ortho intramolecular Hbond substituents is 1. The number of ether oxygens (including phenoxy) is 1. The van der Waals surface area contributed by atoms with E-state index in [0.29, 0.717) is 33.7 Å². The van der Waals surface area contributed by atoms with Crippen molar-refractivity contribution in [2.24, 2.45) is 0 Å². The number of aromatic hydroxyl groups is 1. The highest BCUT2D eigenvalue weighted by Gasteiger charge is 2.23. The number of rotatable bonds is 7. The molecule has 0 aliphatic rings. The van der Waals surface area contributed by atoms with Gasteiger partial charge in [0, 0.05) is 23.6 Å². The standard InChI is InChI=1S/C22H23ClN2O3/c1-3-4-7-19(26)25-20(14-8-10-15(28-2)11-9-14)17-13-18(23)16-6-5-12-24-21(16)22(17)27/h5-6,8-13,20,27H,3-4,7H2,1-2H3,(H,25,26)/t20-/m0/s1. The Morgan fingerprint density at radius 3 is 2.71 bits per heavy atom. The zero-order chi connectivity index (χ0) is 20.1. The number of unbranched alkanes of at least 4 members (excludes halogenated alkanes) is 1. The van der Waals surface area contributed by atoms with Gasteiger partial charge < -0.3 is 15.2 Å². The van der Waals surface area contributed by atoms with Gasteiger partial charge in [0.15, 0.2) is 0 Å². The van der Waals surface area contributed by atoms with Gasteiger partial charge in [0.05, 0.1) is 18.2 Å². The fourth-order valence-electron chi connectivity index (χ4n) is 3.13. The normalized spacial score (nSPS) is 12.0. The topological polar surface area (TPSA) is 71.5 Å². The number of amides is 1. The van der Waals surface area contributed by atoms with Crippen LogP contribution in [0.5, 0.6) is 11.5 Å². The first kappa shape index (κ1) is 20.0. The SMILES string of the molecule is CCCCC(=O)N[C@@H](c1ccc(OC)cc1)c1cc(Cl)c2cccnc2c1O. The first-order valence-corrected chi connectivity index (χ1v) is 9.62. The van der Waals surface area contributed by atoms with E-state index in [1.165, 1.54) is 0 Å². The number of carbonyl (C=O) groups is 1. The summed E-state index contributed by atoms with van der Waals surface area (Å²) in [5.41, 5.74) is 1.73. The molecule has 146 valence electrons. The highest BCUT2D eigenvalue weighted by Crippen LogP contribution is 2.38. The number of benzene rings is 2. The molecule has 28 heavy (non-hydrogen) atoms. The molecule has 0 radical (unpaired) electrons. The predicted molar refractivity (Wildman–Crippen MR) is 111 cm³/mol. The quantitative estimate of drug-likeness (QED) is 0.587. The van der Waals surface area contributed by atoms with Crippen molar-refractivity contribution in [2.45, 2.75) is 32.2 Å². The highest BCUT2D eigenvalue weighted by atomic mass is 35.5. The predicted octanol–water partition coefficient (Wildman–Crippen LogP) is 5.00. The van der Waals surface area contributed by atoms with E-state index >= 15 is 0 Å². The van der Waals surface area contributed by atoms with Gasteiger partial charge in [-0.15, -0.1) is 0 Å². The third kappa shape index (κ3) is 4.20. The fraction of sp³-hybridized carbons (Fsp3) is 0.273. The number of halogens is 1. The van der Waals surface area contributed by atoms with Crippen LogP contribution in [0, 0.1) is 0 Å². The summed E-state index contributed by atoms with van der Waals surface area (Å²) in [5, 5.41) is 15.1. The number of fused-ring (bicyclic) bond motifs is 1. The second-order valence-corrected chi connectivity index (χ2v) is 6.98. The lowest BCUT2D eigenvalue weighted by molar-refractivity contribution is -0.121. The molecule has 1 heterocycles. The van der Waals surface area contributed by atoms with E-state index in [4.69, 9.17) is 16.3 Å². The lowest BCUT2D eigenvalue weighted by Gasteiger charge is -2.22. The summed E-state index contributed by atoms with van der Waals surface area (Å²) >= 11 is 6.45. The Kier molecular flexibility index (Phi) is 6.37. The third-order valence-corrected chi connectivity index (χ3v) is 4.98. The van der Waals surface area contributed by atoms with Crippen molar-refractivity contribution < 1.29 is 14.6 Å². The van der Waals surface area contributed by atoms with Crippen molar-refractivity contribution in [1.82, 2.24) is 10.3 Å². The average Bonchev–Trinajstić information content (AvgIpc) is 2.73. The zero-order valence-corrected chi connectivity index (χ0v) is 16.7. The number of nitrogens with zero attached hydrogens (tertiary/aromatic N) is 1. The Bertz CT molecular complexity index is 973. The number of carbonyl (C=O) groups excluding carboxylic acids is 1. The van der Waals surface area contributed by atoms with Crippen LogP contribution >= 0.6 is 11.6 Å². The molecule has 3 rings (SSSR count). The van der Waals surface area contributed by atoms with E-state index in [0.717, 1.165) is 18.4 Å². The second kappa shape index (κ2) is 8.93. The van der Waals surface area contributed by atoms with Gasteiger partial charge in [0.2, 0.25) is 5.91 Å². The Balaban J connectivity index is 2.08. The van der Waals surface area contributed by atoms with Gasteiger partial charge in [0.25, 0.3) is 0 Å². The molecule has 0 spiro atoms. The number of aromatic nitrogens is 1. The van der Waals surface area contributed by atoms with Crippen LogP contribution in [0.15, 0.2) is 48.7 Å². The summed E-state index contributed by atoms with van der Waals surface area (Å²) in [6, 6.07) is 12.1. The maximum atomic E-state index is 12.5. The highest BCUT2D eigenvalue weighted by molar-refractivity contribution is 6.35. The molecule has 0 saturated heterocycles. The van der Waals surface area contributed by atoms with Crippen molar-refractivity contribution in [1.29, 1.82) is 0 Å². The summed E-state index contributed by atoms with van der Waals surface area (Å²) < 4.78 is 5.22. The number of hydrogen-bond donors (Lipinski definition) is 2. The van der Waals surface area contributed by atoms with E-state index in [1.54, 1.807) is 31.5 Å². The molecule has 1 aromatic heterocycles. The van der Waals surface area contributed by atoms with E-state index in [9.17, 15) is 9.90 Å². The smallest absolute Gasteiger partial charge is 0.220 e. The Morgan fingerprint density at radius 1 is 1.29 bits per heavy atom. The van der Waals surface area contributed by atoms with Crippen LogP contribution in [0.2, 0.25) is 5.02 Å². The maximum Gasteiger partial charge on any atom is 0.220 e. The molecule has 0 aliphatic carbocycles. The van der Waals surface area contributed by atoms with Gasteiger partial charge in [-0.05, 0) is 42.3 Å². The molecule has 0 fully saturated rings. The van der Waals surface area contributed by atoms with Crippen LogP contribution in [0.1, 0.15) is 43.4 Å². The van der Waals surface area contributed by atoms with E-state index in [2.05, 4.69) is 10.3 Å². The molecule has 3 aromatic rings. The van der Waals surface area contributed by atoms with Crippen molar-refractivity contribution in [3.05, 3.63) is 64.8 Å². The number of methoxy groups -OCH3 is 1. The maximum absolute atomic E-state index is 12.5. The van der Waals surface area contributed by atoms with Gasteiger partial charge in [-0.3, -0.25) is 9.78 Å². The van der Waals surface area contributed by atoms with Gasteiger partial charge in [-0.1, -0.05) is 37.1 Å². The van der Waals surface area contributed by atoms with Gasteiger partial charge >= 0.3 is 0 Å². The van der Waals surface area contributed by atoms with Crippen molar-refractivity contribution in [3.8, 4) is 11.5 Å². The molecule has 2 N–H and O–H groups in total. The van der Waals surface area contributed by atoms with Crippen molar-refractivity contribution in [2.75, 3.05) is 7.11 Å². The van der Waals surface area contributed by atoms with Crippen LogP contribution in [-0.2, 0) is 4.79 Å². The summed E-state index contributed by atoms with van der Waals surface area (Å²) in [4.78, 5) is 16.7. The molecule has 2 aromatic carbocycles. The summed E-state index contributed by atoms with van der Waals surface area (Å²) in [6.45, 7) is 2.04. The molecule has 0 saturated carbocycles. The molecule has 1 amide bonds. The van der Waals surface area contributed by atoms with Crippen LogP contribution in [0.4, 0.5) is 0 Å². The van der Waals surface area contributed by atoms with Crippen LogP contribution in [0.3, 0.4) is 0 Å². The van der Waals surface area contributed by atoms with Crippen molar-refractivity contribution >= 4 is 28.4 Å². The molecule has 0 bridgehead atoms. The van der Waals surface area contributed by atoms with E-state index in [1.807, 2.05) is 31.2 Å².